The predicted molar refractivity (Wildman–Crippen MR) is 106 cm³/mol. The number of aryl methyl sites for hydroxylation is 1. The number of anilines is 1. The summed E-state index contributed by atoms with van der Waals surface area (Å²) in [6.07, 6.45) is 0. The van der Waals surface area contributed by atoms with Gasteiger partial charge >= 0.3 is 0 Å². The van der Waals surface area contributed by atoms with Crippen molar-refractivity contribution in [3.8, 4) is 5.75 Å². The van der Waals surface area contributed by atoms with Gasteiger partial charge in [-0.1, -0.05) is 29.8 Å². The van der Waals surface area contributed by atoms with Gasteiger partial charge in [0, 0.05) is 5.02 Å². The Morgan fingerprint density at radius 1 is 1.11 bits per heavy atom. The lowest BCUT2D eigenvalue weighted by atomic mass is 10.2. The van der Waals surface area contributed by atoms with Gasteiger partial charge in [0.25, 0.3) is 10.0 Å². The van der Waals surface area contributed by atoms with Gasteiger partial charge in [0.15, 0.2) is 0 Å². The number of methoxy groups -OCH3 is 1. The van der Waals surface area contributed by atoms with Gasteiger partial charge in [-0.3, -0.25) is 9.40 Å². The van der Waals surface area contributed by atoms with E-state index in [1.807, 2.05) is 31.2 Å². The van der Waals surface area contributed by atoms with Crippen LogP contribution in [0.5, 0.6) is 5.75 Å². The van der Waals surface area contributed by atoms with Crippen molar-refractivity contribution in [2.24, 2.45) is 0 Å². The van der Waals surface area contributed by atoms with E-state index in [9.17, 15) is 8.42 Å². The Morgan fingerprint density at radius 3 is 2.41 bits per heavy atom. The van der Waals surface area contributed by atoms with Gasteiger partial charge < -0.3 is 4.74 Å². The predicted octanol–water partition coefficient (Wildman–Crippen LogP) is 4.01. The molecule has 142 valence electrons. The van der Waals surface area contributed by atoms with Crippen LogP contribution in [0.25, 0.3) is 0 Å². The molecule has 27 heavy (non-hydrogen) atoms. The third-order valence-corrected chi connectivity index (χ3v) is 6.00. The normalized spacial score (nSPS) is 11.4. The maximum absolute atomic E-state index is 12.7. The summed E-state index contributed by atoms with van der Waals surface area (Å²) in [5.41, 5.74) is 2.69. The van der Waals surface area contributed by atoms with Crippen molar-refractivity contribution in [1.29, 1.82) is 0 Å². The fourth-order valence-corrected chi connectivity index (χ4v) is 4.11. The number of hydrogen-bond acceptors (Lipinski definition) is 4. The Kier molecular flexibility index (Phi) is 5.43. The van der Waals surface area contributed by atoms with Gasteiger partial charge in [-0.25, -0.2) is 8.42 Å². The van der Waals surface area contributed by atoms with Crippen LogP contribution in [0, 0.1) is 13.8 Å². The Bertz CT molecular complexity index is 1060. The van der Waals surface area contributed by atoms with Crippen molar-refractivity contribution >= 4 is 27.3 Å². The highest BCUT2D eigenvalue weighted by atomic mass is 35.5. The minimum atomic E-state index is -3.74. The molecular weight excluding hydrogens is 386 g/mol. The van der Waals surface area contributed by atoms with Crippen LogP contribution in [0.4, 0.5) is 5.69 Å². The average molecular weight is 406 g/mol. The van der Waals surface area contributed by atoms with Crippen LogP contribution in [-0.2, 0) is 16.6 Å². The summed E-state index contributed by atoms with van der Waals surface area (Å²) in [7, 11) is -2.21. The molecule has 0 unspecified atom stereocenters. The van der Waals surface area contributed by atoms with Gasteiger partial charge in [-0.2, -0.15) is 5.10 Å². The molecule has 6 nitrogen and oxygen atoms in total. The molecule has 0 saturated heterocycles. The van der Waals surface area contributed by atoms with Crippen molar-refractivity contribution in [1.82, 2.24) is 9.78 Å². The first-order valence-corrected chi connectivity index (χ1v) is 10.1. The van der Waals surface area contributed by atoms with Gasteiger partial charge in [0.2, 0.25) is 0 Å². The summed E-state index contributed by atoms with van der Waals surface area (Å²) in [6, 6.07) is 13.7. The van der Waals surface area contributed by atoms with Crippen molar-refractivity contribution in [2.75, 3.05) is 11.8 Å². The number of nitrogens with one attached hydrogen (secondary N) is 1. The third kappa shape index (κ3) is 4.09. The number of aromatic nitrogens is 2. The van der Waals surface area contributed by atoms with Crippen LogP contribution in [-0.4, -0.2) is 25.3 Å². The zero-order valence-corrected chi connectivity index (χ0v) is 16.8. The second-order valence-electron chi connectivity index (χ2n) is 6.08. The van der Waals surface area contributed by atoms with Crippen molar-refractivity contribution in [3.63, 3.8) is 0 Å². The zero-order valence-electron chi connectivity index (χ0n) is 15.2. The standard InChI is InChI=1S/C19H20ClN3O3S/c1-13-19(22-27(24,25)17-10-8-16(26-3)9-11-17)14(2)23(21-13)12-15-6-4-5-7-18(15)20/h4-11,22H,12H2,1-3H3. The number of hydrogen-bond donors (Lipinski definition) is 1. The molecule has 1 heterocycles. The molecule has 0 amide bonds. The van der Waals surface area contributed by atoms with Gasteiger partial charge in [0.1, 0.15) is 5.75 Å². The smallest absolute Gasteiger partial charge is 0.262 e. The lowest BCUT2D eigenvalue weighted by Gasteiger charge is -2.10. The number of nitrogens with zero attached hydrogens (tertiary/aromatic N) is 2. The molecule has 0 bridgehead atoms. The summed E-state index contributed by atoms with van der Waals surface area (Å²) in [5.74, 6) is 0.592. The molecule has 8 heteroatoms. The Balaban J connectivity index is 1.89. The van der Waals surface area contributed by atoms with Crippen LogP contribution in [0.15, 0.2) is 53.4 Å². The van der Waals surface area contributed by atoms with E-state index in [0.29, 0.717) is 34.4 Å². The molecule has 0 fully saturated rings. The molecule has 0 aliphatic heterocycles. The highest BCUT2D eigenvalue weighted by Crippen LogP contribution is 2.26. The number of halogens is 1. The molecule has 0 atom stereocenters. The van der Waals surface area contributed by atoms with E-state index in [1.165, 1.54) is 19.2 Å². The minimum Gasteiger partial charge on any atom is -0.497 e. The van der Waals surface area contributed by atoms with E-state index in [0.717, 1.165) is 5.56 Å². The number of rotatable bonds is 6. The average Bonchev–Trinajstić information content (AvgIpc) is 2.91. The number of benzene rings is 2. The topological polar surface area (TPSA) is 73.2 Å². The van der Waals surface area contributed by atoms with Gasteiger partial charge in [0.05, 0.1) is 35.6 Å². The van der Waals surface area contributed by atoms with Crippen molar-refractivity contribution < 1.29 is 13.2 Å². The first-order valence-electron chi connectivity index (χ1n) is 8.26. The summed E-state index contributed by atoms with van der Waals surface area (Å²) in [4.78, 5) is 0.154. The second-order valence-corrected chi connectivity index (χ2v) is 8.17. The lowest BCUT2D eigenvalue weighted by molar-refractivity contribution is 0.414. The molecule has 2 aromatic carbocycles. The van der Waals surface area contributed by atoms with Gasteiger partial charge in [-0.05, 0) is 49.7 Å². The van der Waals surface area contributed by atoms with Crippen LogP contribution in [0.3, 0.4) is 0 Å². The van der Waals surface area contributed by atoms with E-state index in [2.05, 4.69) is 9.82 Å². The molecule has 0 spiro atoms. The quantitative estimate of drug-likeness (QED) is 0.672. The van der Waals surface area contributed by atoms with E-state index >= 15 is 0 Å². The number of ether oxygens (including phenoxy) is 1. The lowest BCUT2D eigenvalue weighted by Crippen LogP contribution is -2.14. The molecule has 0 radical (unpaired) electrons. The Hall–Kier alpha value is -2.51. The molecule has 0 aliphatic rings. The molecule has 0 aliphatic carbocycles. The highest BCUT2D eigenvalue weighted by Gasteiger charge is 2.20. The molecule has 1 N–H and O–H groups in total. The summed E-state index contributed by atoms with van der Waals surface area (Å²) in [5, 5.41) is 5.11. The molecule has 1 aromatic heterocycles. The van der Waals surface area contributed by atoms with Crippen molar-refractivity contribution in [3.05, 3.63) is 70.5 Å². The molecule has 0 saturated carbocycles. The summed E-state index contributed by atoms with van der Waals surface area (Å²) < 4.78 is 34.9. The van der Waals surface area contributed by atoms with E-state index in [1.54, 1.807) is 23.7 Å². The molecule has 3 aromatic rings. The van der Waals surface area contributed by atoms with Crippen LogP contribution in [0.2, 0.25) is 5.02 Å². The van der Waals surface area contributed by atoms with Crippen molar-refractivity contribution in [2.45, 2.75) is 25.3 Å². The fraction of sp³-hybridized carbons (Fsp3) is 0.211. The van der Waals surface area contributed by atoms with Crippen LogP contribution < -0.4 is 9.46 Å². The largest absolute Gasteiger partial charge is 0.497 e. The van der Waals surface area contributed by atoms with E-state index < -0.39 is 10.0 Å². The Labute approximate surface area is 163 Å². The minimum absolute atomic E-state index is 0.154. The highest BCUT2D eigenvalue weighted by molar-refractivity contribution is 7.92. The first kappa shape index (κ1) is 19.3. The fourth-order valence-electron chi connectivity index (χ4n) is 2.73. The summed E-state index contributed by atoms with van der Waals surface area (Å²) >= 11 is 6.22. The maximum atomic E-state index is 12.7. The third-order valence-electron chi connectivity index (χ3n) is 4.27. The maximum Gasteiger partial charge on any atom is 0.262 e. The van der Waals surface area contributed by atoms with Crippen LogP contribution >= 0.6 is 11.6 Å². The first-order chi connectivity index (χ1) is 12.8. The Morgan fingerprint density at radius 2 is 1.78 bits per heavy atom. The monoisotopic (exact) mass is 405 g/mol. The number of sulfonamides is 1. The summed E-state index contributed by atoms with van der Waals surface area (Å²) in [6.45, 7) is 4.04. The molecular formula is C19H20ClN3O3S. The molecule has 3 rings (SSSR count). The van der Waals surface area contributed by atoms with E-state index in [4.69, 9.17) is 16.3 Å². The second kappa shape index (κ2) is 7.62. The van der Waals surface area contributed by atoms with E-state index in [-0.39, 0.29) is 4.90 Å². The SMILES string of the molecule is COc1ccc(S(=O)(=O)Nc2c(C)nn(Cc3ccccc3Cl)c2C)cc1. The van der Waals surface area contributed by atoms with Gasteiger partial charge in [-0.15, -0.1) is 0 Å². The van der Waals surface area contributed by atoms with Crippen LogP contribution in [0.1, 0.15) is 17.0 Å². The zero-order chi connectivity index (χ0) is 19.6.